The fraction of sp³-hybridized carbons (Fsp3) is 0.600. The van der Waals surface area contributed by atoms with Crippen LogP contribution in [0.15, 0.2) is 29.3 Å². The van der Waals surface area contributed by atoms with Crippen molar-refractivity contribution in [3.63, 3.8) is 0 Å². The number of ether oxygens (including phenoxy) is 2. The topological polar surface area (TPSA) is 107 Å². The Balaban J connectivity index is 1.76. The maximum atomic E-state index is 13.1. The first-order chi connectivity index (χ1) is 16.8. The Labute approximate surface area is 207 Å². The van der Waals surface area contributed by atoms with Crippen LogP contribution < -0.4 is 14.8 Å². The number of unbranched alkanes of at least 4 members (excludes halogenated alkanes) is 1. The van der Waals surface area contributed by atoms with Crippen LogP contribution in [0.25, 0.3) is 0 Å². The number of amides is 3. The maximum absolute atomic E-state index is 13.1. The molecule has 0 aliphatic carbocycles. The van der Waals surface area contributed by atoms with Crippen molar-refractivity contribution in [2.75, 3.05) is 40.9 Å². The van der Waals surface area contributed by atoms with Crippen LogP contribution in [0.2, 0.25) is 0 Å². The fourth-order valence-electron chi connectivity index (χ4n) is 4.25. The number of nitrogens with one attached hydrogen (secondary N) is 1. The molecule has 35 heavy (non-hydrogen) atoms. The van der Waals surface area contributed by atoms with E-state index in [2.05, 4.69) is 24.2 Å². The molecule has 0 spiro atoms. The molecule has 2 aliphatic rings. The van der Waals surface area contributed by atoms with Gasteiger partial charge in [0.05, 0.1) is 20.2 Å². The number of benzene rings is 1. The molecule has 2 aliphatic heterocycles. The molecule has 1 aromatic rings. The van der Waals surface area contributed by atoms with Gasteiger partial charge in [0.2, 0.25) is 11.9 Å². The largest absolute Gasteiger partial charge is 0.497 e. The van der Waals surface area contributed by atoms with Crippen LogP contribution in [-0.4, -0.2) is 96.3 Å². The zero-order chi connectivity index (χ0) is 25.5. The Kier molecular flexibility index (Phi) is 9.08. The van der Waals surface area contributed by atoms with Gasteiger partial charge in [0.25, 0.3) is 5.91 Å². The molecule has 10 heteroatoms. The van der Waals surface area contributed by atoms with Gasteiger partial charge in [0.15, 0.2) is 0 Å². The van der Waals surface area contributed by atoms with Gasteiger partial charge in [-0.1, -0.05) is 38.1 Å². The second-order valence-electron chi connectivity index (χ2n) is 9.03. The van der Waals surface area contributed by atoms with E-state index in [0.29, 0.717) is 35.8 Å². The lowest BCUT2D eigenvalue weighted by Gasteiger charge is -2.32. The fourth-order valence-corrected chi connectivity index (χ4v) is 4.25. The van der Waals surface area contributed by atoms with Crippen molar-refractivity contribution in [2.45, 2.75) is 51.7 Å². The molecule has 192 valence electrons. The third-order valence-corrected chi connectivity index (χ3v) is 6.53. The van der Waals surface area contributed by atoms with E-state index < -0.39 is 18.2 Å². The number of methoxy groups -OCH3 is 1. The number of aliphatic hydroxyl groups is 1. The predicted molar refractivity (Wildman–Crippen MR) is 133 cm³/mol. The summed E-state index contributed by atoms with van der Waals surface area (Å²) in [6.07, 6.45) is 3.52. The number of aliphatic hydroxyl groups excluding tert-OH is 1. The average Bonchev–Trinajstić information content (AvgIpc) is 3.23. The lowest BCUT2D eigenvalue weighted by Crippen LogP contribution is -2.62. The highest BCUT2D eigenvalue weighted by atomic mass is 16.5. The number of aliphatic imine (C=N–C) groups is 1. The van der Waals surface area contributed by atoms with E-state index in [4.69, 9.17) is 9.47 Å². The smallest absolute Gasteiger partial charge is 0.390 e. The van der Waals surface area contributed by atoms with Crippen molar-refractivity contribution >= 4 is 23.7 Å². The van der Waals surface area contributed by atoms with E-state index in [-0.39, 0.29) is 19.1 Å². The van der Waals surface area contributed by atoms with E-state index in [1.54, 1.807) is 43.0 Å². The quantitative estimate of drug-likeness (QED) is 0.436. The van der Waals surface area contributed by atoms with Crippen molar-refractivity contribution in [1.82, 2.24) is 15.1 Å². The number of amidine groups is 1. The van der Waals surface area contributed by atoms with Gasteiger partial charge in [-0.2, -0.15) is 0 Å². The van der Waals surface area contributed by atoms with Crippen molar-refractivity contribution in [3.05, 3.63) is 24.3 Å². The first-order valence-electron chi connectivity index (χ1n) is 12.3. The van der Waals surface area contributed by atoms with Crippen molar-refractivity contribution < 1.29 is 28.7 Å². The highest BCUT2D eigenvalue weighted by Gasteiger charge is 2.51. The van der Waals surface area contributed by atoms with Crippen LogP contribution in [0.1, 0.15) is 39.5 Å². The van der Waals surface area contributed by atoms with E-state index in [9.17, 15) is 14.7 Å². The van der Waals surface area contributed by atoms with Gasteiger partial charge in [-0.05, 0) is 36.6 Å². The molecule has 3 rings (SSSR count). The molecular formula is C25H38N5O5+. The van der Waals surface area contributed by atoms with E-state index in [1.165, 1.54) is 11.9 Å². The van der Waals surface area contributed by atoms with Gasteiger partial charge >= 0.3 is 12.0 Å². The van der Waals surface area contributed by atoms with Crippen LogP contribution in [0.3, 0.4) is 0 Å². The standard InChI is InChI=1S/C25H37N5O5/c1-6-8-9-17(7-2)14-26-24-27-22-21(23(32)29(4)25(33)28(22)3)30(24)15-18(31)16-35-20-12-10-19(34-5)11-13-20/h10-13,17-18,21,31H,6-9,14-16H2,1-5H3/p+1. The zero-order valence-electron chi connectivity index (χ0n) is 21.4. The van der Waals surface area contributed by atoms with Crippen molar-refractivity contribution in [1.29, 1.82) is 0 Å². The van der Waals surface area contributed by atoms with Gasteiger partial charge in [0, 0.05) is 14.1 Å². The van der Waals surface area contributed by atoms with Crippen LogP contribution in [0.5, 0.6) is 11.5 Å². The molecule has 10 nitrogen and oxygen atoms in total. The number of fused-ring (bicyclic) bond motifs is 1. The summed E-state index contributed by atoms with van der Waals surface area (Å²) < 4.78 is 12.6. The number of hydrogen-bond donors (Lipinski definition) is 2. The maximum Gasteiger partial charge on any atom is 0.390 e. The molecule has 0 saturated carbocycles. The highest BCUT2D eigenvalue weighted by molar-refractivity contribution is 6.22. The number of nitrogens with zero attached hydrogens (tertiary/aromatic N) is 4. The van der Waals surface area contributed by atoms with Crippen molar-refractivity contribution in [3.8, 4) is 11.5 Å². The number of β-amino-alcohol motifs (C(OH)–C–C–N with tert-alkyl or cyclic N) is 1. The highest BCUT2D eigenvalue weighted by Crippen LogP contribution is 2.20. The molecule has 3 atom stereocenters. The molecule has 1 aromatic carbocycles. The molecule has 1 fully saturated rings. The zero-order valence-corrected chi connectivity index (χ0v) is 21.4. The number of guanidine groups is 1. The summed E-state index contributed by atoms with van der Waals surface area (Å²) in [4.78, 5) is 32.6. The Hall–Kier alpha value is -3.14. The van der Waals surface area contributed by atoms with Crippen molar-refractivity contribution in [2.24, 2.45) is 10.9 Å². The van der Waals surface area contributed by atoms with Crippen LogP contribution in [0, 0.1) is 5.92 Å². The second-order valence-corrected chi connectivity index (χ2v) is 9.03. The lowest BCUT2D eigenvalue weighted by molar-refractivity contribution is -0.545. The number of hydrogen-bond acceptors (Lipinski definition) is 7. The van der Waals surface area contributed by atoms with E-state index in [0.717, 1.165) is 30.6 Å². The van der Waals surface area contributed by atoms with Crippen LogP contribution in [0.4, 0.5) is 4.79 Å². The number of imide groups is 1. The number of carbonyl (C=O) groups excluding carboxylic acids is 2. The number of likely N-dealkylation sites (N-methyl/N-ethyl adjacent to an activating group) is 2. The first kappa shape index (κ1) is 26.5. The summed E-state index contributed by atoms with van der Waals surface area (Å²) >= 11 is 0. The molecule has 2 N–H and O–H groups in total. The van der Waals surface area contributed by atoms with E-state index in [1.807, 2.05) is 0 Å². The normalized spacial score (nSPS) is 19.5. The second kappa shape index (κ2) is 12.0. The Morgan fingerprint density at radius 1 is 1.14 bits per heavy atom. The number of carbonyl (C=O) groups is 2. The minimum absolute atomic E-state index is 0.0328. The Morgan fingerprint density at radius 2 is 1.83 bits per heavy atom. The predicted octanol–water partition coefficient (Wildman–Crippen LogP) is 1.91. The van der Waals surface area contributed by atoms with Gasteiger partial charge in [-0.3, -0.25) is 19.9 Å². The summed E-state index contributed by atoms with van der Waals surface area (Å²) in [6.45, 7) is 5.19. The van der Waals surface area contributed by atoms with Gasteiger partial charge in [-0.25, -0.2) is 9.37 Å². The minimum atomic E-state index is -0.897. The molecule has 0 bridgehead atoms. The number of urea groups is 1. The molecule has 1 saturated heterocycles. The summed E-state index contributed by atoms with van der Waals surface area (Å²) in [6, 6.07) is 5.89. The average molecular weight is 489 g/mol. The summed E-state index contributed by atoms with van der Waals surface area (Å²) in [5.74, 6) is 2.27. The third kappa shape index (κ3) is 6.11. The monoisotopic (exact) mass is 488 g/mol. The van der Waals surface area contributed by atoms with Gasteiger partial charge in [0.1, 0.15) is 24.2 Å². The van der Waals surface area contributed by atoms with Crippen LogP contribution in [-0.2, 0) is 4.79 Å². The summed E-state index contributed by atoms with van der Waals surface area (Å²) in [5.41, 5.74) is 0. The van der Waals surface area contributed by atoms with E-state index >= 15 is 0 Å². The Morgan fingerprint density at radius 3 is 2.46 bits per heavy atom. The molecular weight excluding hydrogens is 450 g/mol. The summed E-state index contributed by atoms with van der Waals surface area (Å²) in [7, 11) is 4.66. The summed E-state index contributed by atoms with van der Waals surface area (Å²) in [5, 5.41) is 14.2. The van der Waals surface area contributed by atoms with Gasteiger partial charge < -0.3 is 14.6 Å². The molecule has 2 heterocycles. The number of rotatable bonds is 12. The first-order valence-corrected chi connectivity index (χ1v) is 12.3. The Bertz CT molecular complexity index is 961. The minimum Gasteiger partial charge on any atom is -0.497 e. The lowest BCUT2D eigenvalue weighted by atomic mass is 9.99. The molecule has 0 aromatic heterocycles. The third-order valence-electron chi connectivity index (χ3n) is 6.53. The van der Waals surface area contributed by atoms with Gasteiger partial charge in [-0.15, -0.1) is 0 Å². The molecule has 3 amide bonds. The molecule has 0 radical (unpaired) electrons. The molecule has 3 unspecified atom stereocenters. The van der Waals surface area contributed by atoms with Crippen LogP contribution >= 0.6 is 0 Å². The SMILES string of the molecule is CCCCC(CC)CNC1=[N+](CC(O)COc2ccc(OC)cc2)C2C(=O)N(C)C(=O)N(C)C2=N1.